The second kappa shape index (κ2) is 7.62. The lowest BCUT2D eigenvalue weighted by Gasteiger charge is -2.23. The molecule has 1 saturated heterocycles. The van der Waals surface area contributed by atoms with Crippen LogP contribution in [0.25, 0.3) is 11.2 Å². The van der Waals surface area contributed by atoms with Crippen LogP contribution in [0.15, 0.2) is 36.9 Å². The average molecular weight is 400 g/mol. The van der Waals surface area contributed by atoms with Crippen LogP contribution in [0.2, 0.25) is 0 Å². The van der Waals surface area contributed by atoms with Gasteiger partial charge in [-0.05, 0) is 18.2 Å². The van der Waals surface area contributed by atoms with E-state index in [0.29, 0.717) is 22.5 Å². The molecule has 1 fully saturated rings. The number of aliphatic hydroxyl groups is 2. The molecule has 11 heteroatoms. The number of aliphatic hydroxyl groups excluding tert-OH is 2. The van der Waals surface area contributed by atoms with E-state index in [0.717, 1.165) is 0 Å². The Balaban J connectivity index is 1.67. The van der Waals surface area contributed by atoms with Crippen molar-refractivity contribution >= 4 is 22.9 Å². The van der Waals surface area contributed by atoms with Gasteiger partial charge in [-0.1, -0.05) is 6.07 Å². The summed E-state index contributed by atoms with van der Waals surface area (Å²) in [5.41, 5.74) is 6.94. The molecule has 1 amide bonds. The number of methoxy groups -OCH3 is 1. The number of rotatable bonds is 5. The van der Waals surface area contributed by atoms with Gasteiger partial charge in [0.1, 0.15) is 35.8 Å². The minimum absolute atomic E-state index is 0.197. The predicted molar refractivity (Wildman–Crippen MR) is 101 cm³/mol. The van der Waals surface area contributed by atoms with E-state index >= 15 is 0 Å². The summed E-state index contributed by atoms with van der Waals surface area (Å²) in [5, 5.41) is 23.0. The van der Waals surface area contributed by atoms with Gasteiger partial charge in [-0.15, -0.1) is 0 Å². The molecular weight excluding hydrogens is 380 g/mol. The number of carbonyl (C=O) groups is 1. The molecule has 1 aromatic carbocycles. The molecule has 1 unspecified atom stereocenters. The first-order valence-corrected chi connectivity index (χ1v) is 8.85. The number of carbonyl (C=O) groups excluding carboxylic acids is 1. The first-order valence-electron chi connectivity index (χ1n) is 8.85. The number of fused-ring (bicyclic) bond motifs is 1. The number of nitrogen functional groups attached to an aromatic ring is 1. The lowest BCUT2D eigenvalue weighted by Crippen LogP contribution is -2.46. The molecule has 1 aliphatic heterocycles. The van der Waals surface area contributed by atoms with Gasteiger partial charge in [0.05, 0.1) is 20.0 Å². The van der Waals surface area contributed by atoms with Crippen molar-refractivity contribution in [2.75, 3.05) is 19.5 Å². The van der Waals surface area contributed by atoms with Crippen molar-refractivity contribution in [1.82, 2.24) is 24.8 Å². The fraction of sp³-hybridized carbons (Fsp3) is 0.333. The molecule has 0 bridgehead atoms. The summed E-state index contributed by atoms with van der Waals surface area (Å²) in [4.78, 5) is 25.0. The summed E-state index contributed by atoms with van der Waals surface area (Å²) in [6.45, 7) is -0.424. The highest BCUT2D eigenvalue weighted by Crippen LogP contribution is 2.32. The highest BCUT2D eigenvalue weighted by molar-refractivity contribution is 5.94. The molecule has 0 spiro atoms. The van der Waals surface area contributed by atoms with Gasteiger partial charge in [-0.2, -0.15) is 0 Å². The Morgan fingerprint density at radius 3 is 2.97 bits per heavy atom. The molecule has 0 saturated carbocycles. The highest BCUT2D eigenvalue weighted by atomic mass is 16.5. The molecule has 2 aromatic heterocycles. The fourth-order valence-electron chi connectivity index (χ4n) is 3.35. The van der Waals surface area contributed by atoms with Crippen molar-refractivity contribution in [3.63, 3.8) is 0 Å². The molecule has 4 atom stereocenters. The number of ether oxygens (including phenoxy) is 2. The zero-order chi connectivity index (χ0) is 20.5. The Kier molecular flexibility index (Phi) is 5.01. The minimum atomic E-state index is -1.16. The van der Waals surface area contributed by atoms with Gasteiger partial charge in [0.15, 0.2) is 17.7 Å². The second-order valence-corrected chi connectivity index (χ2v) is 6.55. The zero-order valence-corrected chi connectivity index (χ0v) is 15.5. The molecule has 0 radical (unpaired) electrons. The lowest BCUT2D eigenvalue weighted by atomic mass is 10.1. The van der Waals surface area contributed by atoms with E-state index in [1.165, 1.54) is 19.8 Å². The van der Waals surface area contributed by atoms with Gasteiger partial charge in [-0.3, -0.25) is 9.36 Å². The van der Waals surface area contributed by atoms with Crippen LogP contribution < -0.4 is 15.8 Å². The summed E-state index contributed by atoms with van der Waals surface area (Å²) in [6, 6.07) is 5.73. The maximum atomic E-state index is 12.8. The van der Waals surface area contributed by atoms with Crippen LogP contribution in [0.3, 0.4) is 0 Å². The van der Waals surface area contributed by atoms with E-state index in [9.17, 15) is 15.0 Å². The highest BCUT2D eigenvalue weighted by Gasteiger charge is 2.45. The first kappa shape index (κ1) is 19.1. The van der Waals surface area contributed by atoms with Gasteiger partial charge < -0.3 is 30.7 Å². The molecule has 3 aromatic rings. The van der Waals surface area contributed by atoms with Crippen LogP contribution >= 0.6 is 0 Å². The number of imidazole rings is 1. The van der Waals surface area contributed by atoms with E-state index in [4.69, 9.17) is 15.2 Å². The SMILES string of the molecule is COc1cccc(C(=O)N[C@H]2C(O)[C@@H](CO)O[C@H]2n2cnc3c(N)ncnc32)c1. The molecule has 11 nitrogen and oxygen atoms in total. The largest absolute Gasteiger partial charge is 0.497 e. The van der Waals surface area contributed by atoms with Crippen molar-refractivity contribution in [2.45, 2.75) is 24.5 Å². The van der Waals surface area contributed by atoms with Gasteiger partial charge in [0, 0.05) is 5.56 Å². The van der Waals surface area contributed by atoms with Gasteiger partial charge in [0.25, 0.3) is 5.91 Å². The monoisotopic (exact) mass is 400 g/mol. The molecule has 29 heavy (non-hydrogen) atoms. The summed E-state index contributed by atoms with van der Waals surface area (Å²) in [6.07, 6.45) is -0.189. The number of anilines is 1. The van der Waals surface area contributed by atoms with E-state index in [2.05, 4.69) is 20.3 Å². The summed E-state index contributed by atoms with van der Waals surface area (Å²) >= 11 is 0. The van der Waals surface area contributed by atoms with E-state index in [1.807, 2.05) is 0 Å². The van der Waals surface area contributed by atoms with Crippen LogP contribution in [-0.2, 0) is 4.74 Å². The normalized spacial score (nSPS) is 24.0. The third-order valence-corrected chi connectivity index (χ3v) is 4.84. The van der Waals surface area contributed by atoms with E-state index < -0.39 is 37.0 Å². The maximum absolute atomic E-state index is 12.8. The Hall–Kier alpha value is -3.28. The molecule has 4 rings (SSSR count). The van der Waals surface area contributed by atoms with Gasteiger partial charge in [-0.25, -0.2) is 15.0 Å². The van der Waals surface area contributed by atoms with E-state index in [1.54, 1.807) is 28.8 Å². The van der Waals surface area contributed by atoms with Crippen LogP contribution in [0.4, 0.5) is 5.82 Å². The predicted octanol–water partition coefficient (Wildman–Crippen LogP) is -0.534. The van der Waals surface area contributed by atoms with Crippen molar-refractivity contribution in [3.05, 3.63) is 42.5 Å². The number of amides is 1. The van der Waals surface area contributed by atoms with Crippen LogP contribution in [0.5, 0.6) is 5.75 Å². The lowest BCUT2D eigenvalue weighted by molar-refractivity contribution is -0.0440. The second-order valence-electron chi connectivity index (χ2n) is 6.55. The number of nitrogens with zero attached hydrogens (tertiary/aromatic N) is 4. The summed E-state index contributed by atoms with van der Waals surface area (Å²) in [7, 11) is 1.51. The summed E-state index contributed by atoms with van der Waals surface area (Å²) in [5.74, 6) is 0.292. The Bertz CT molecular complexity index is 1040. The van der Waals surface area contributed by atoms with Crippen molar-refractivity contribution in [3.8, 4) is 5.75 Å². The number of hydrogen-bond donors (Lipinski definition) is 4. The first-order chi connectivity index (χ1) is 14.0. The molecule has 5 N–H and O–H groups in total. The van der Waals surface area contributed by atoms with Crippen molar-refractivity contribution in [1.29, 1.82) is 0 Å². The minimum Gasteiger partial charge on any atom is -0.497 e. The standard InChI is InChI=1S/C18H20N6O5/c1-28-10-4-2-3-9(5-10)17(27)23-12-14(26)11(6-25)29-18(12)24-8-22-13-15(19)20-7-21-16(13)24/h2-5,7-8,11-12,14,18,25-26H,6H2,1H3,(H,23,27)(H2,19,20,21)/t11-,12+,14?,18-/m1/s1. The summed E-state index contributed by atoms with van der Waals surface area (Å²) < 4.78 is 12.5. The molecule has 3 heterocycles. The maximum Gasteiger partial charge on any atom is 0.251 e. The van der Waals surface area contributed by atoms with Crippen LogP contribution in [-0.4, -0.2) is 67.6 Å². The molecule has 152 valence electrons. The topological polar surface area (TPSA) is 158 Å². The molecule has 1 aliphatic rings. The average Bonchev–Trinajstić information content (AvgIpc) is 3.30. The Morgan fingerprint density at radius 1 is 1.38 bits per heavy atom. The number of aromatic nitrogens is 4. The molecular formula is C18H20N6O5. The molecule has 0 aliphatic carbocycles. The zero-order valence-electron chi connectivity index (χ0n) is 15.5. The third-order valence-electron chi connectivity index (χ3n) is 4.84. The third kappa shape index (κ3) is 3.35. The number of hydrogen-bond acceptors (Lipinski definition) is 9. The van der Waals surface area contributed by atoms with Crippen LogP contribution in [0, 0.1) is 0 Å². The van der Waals surface area contributed by atoms with Gasteiger partial charge in [0.2, 0.25) is 0 Å². The van der Waals surface area contributed by atoms with Crippen molar-refractivity contribution in [2.24, 2.45) is 0 Å². The number of benzene rings is 1. The number of nitrogens with one attached hydrogen (secondary N) is 1. The number of nitrogens with two attached hydrogens (primary N) is 1. The fourth-order valence-corrected chi connectivity index (χ4v) is 3.35. The Labute approximate surface area is 165 Å². The quantitative estimate of drug-likeness (QED) is 0.442. The van der Waals surface area contributed by atoms with Crippen molar-refractivity contribution < 1.29 is 24.5 Å². The smallest absolute Gasteiger partial charge is 0.251 e. The van der Waals surface area contributed by atoms with Gasteiger partial charge >= 0.3 is 0 Å². The van der Waals surface area contributed by atoms with Crippen LogP contribution in [0.1, 0.15) is 16.6 Å². The Morgan fingerprint density at radius 2 is 2.21 bits per heavy atom. The van der Waals surface area contributed by atoms with E-state index in [-0.39, 0.29) is 5.82 Å².